The van der Waals surface area contributed by atoms with E-state index >= 15 is 0 Å². The SMILES string of the molecule is COc1ccccc1NC(=O)C(=O)N/N=C/c1ccccn1. The Morgan fingerprint density at radius 1 is 1.14 bits per heavy atom. The molecule has 2 aromatic rings. The highest BCUT2D eigenvalue weighted by atomic mass is 16.5. The van der Waals surface area contributed by atoms with Gasteiger partial charge in [-0.25, -0.2) is 5.43 Å². The van der Waals surface area contributed by atoms with E-state index in [1.54, 1.807) is 48.7 Å². The average Bonchev–Trinajstić information content (AvgIpc) is 2.56. The van der Waals surface area contributed by atoms with E-state index in [4.69, 9.17) is 4.74 Å². The lowest BCUT2D eigenvalue weighted by atomic mass is 10.3. The van der Waals surface area contributed by atoms with Crippen molar-refractivity contribution in [2.45, 2.75) is 0 Å². The summed E-state index contributed by atoms with van der Waals surface area (Å²) in [6.45, 7) is 0. The number of nitrogens with zero attached hydrogens (tertiary/aromatic N) is 2. The van der Waals surface area contributed by atoms with Crippen LogP contribution in [-0.2, 0) is 9.59 Å². The van der Waals surface area contributed by atoms with Gasteiger partial charge in [-0.3, -0.25) is 14.6 Å². The summed E-state index contributed by atoms with van der Waals surface area (Å²) >= 11 is 0. The van der Waals surface area contributed by atoms with Crippen molar-refractivity contribution in [2.75, 3.05) is 12.4 Å². The van der Waals surface area contributed by atoms with Gasteiger partial charge in [0.15, 0.2) is 0 Å². The van der Waals surface area contributed by atoms with Crippen LogP contribution >= 0.6 is 0 Å². The highest BCUT2D eigenvalue weighted by Gasteiger charge is 2.14. The Morgan fingerprint density at radius 2 is 1.91 bits per heavy atom. The van der Waals surface area contributed by atoms with Crippen LogP contribution in [0.4, 0.5) is 5.69 Å². The van der Waals surface area contributed by atoms with Crippen molar-refractivity contribution in [1.82, 2.24) is 10.4 Å². The van der Waals surface area contributed by atoms with E-state index in [9.17, 15) is 9.59 Å². The van der Waals surface area contributed by atoms with Crippen molar-refractivity contribution in [1.29, 1.82) is 0 Å². The number of rotatable bonds is 4. The Balaban J connectivity index is 1.92. The molecule has 0 saturated heterocycles. The molecule has 2 N–H and O–H groups in total. The molecular weight excluding hydrogens is 284 g/mol. The molecule has 7 nitrogen and oxygen atoms in total. The minimum atomic E-state index is -0.891. The van der Waals surface area contributed by atoms with Crippen molar-refractivity contribution >= 4 is 23.7 Å². The number of pyridine rings is 1. The molecule has 7 heteroatoms. The molecule has 1 heterocycles. The first-order chi connectivity index (χ1) is 10.7. The molecule has 0 aliphatic carbocycles. The first kappa shape index (κ1) is 15.2. The van der Waals surface area contributed by atoms with Crippen molar-refractivity contribution < 1.29 is 14.3 Å². The molecule has 0 radical (unpaired) electrons. The van der Waals surface area contributed by atoms with E-state index in [-0.39, 0.29) is 0 Å². The van der Waals surface area contributed by atoms with Gasteiger partial charge in [0.1, 0.15) is 5.75 Å². The number of hydrogen-bond acceptors (Lipinski definition) is 5. The van der Waals surface area contributed by atoms with Gasteiger partial charge in [-0.1, -0.05) is 18.2 Å². The maximum Gasteiger partial charge on any atom is 0.329 e. The van der Waals surface area contributed by atoms with Gasteiger partial charge >= 0.3 is 11.8 Å². The molecule has 112 valence electrons. The summed E-state index contributed by atoms with van der Waals surface area (Å²) in [6, 6.07) is 12.0. The van der Waals surface area contributed by atoms with E-state index in [1.165, 1.54) is 13.3 Å². The van der Waals surface area contributed by atoms with E-state index < -0.39 is 11.8 Å². The second kappa shape index (κ2) is 7.53. The number of anilines is 1. The van der Waals surface area contributed by atoms with Crippen molar-refractivity contribution in [3.8, 4) is 5.75 Å². The third-order valence-electron chi connectivity index (χ3n) is 2.61. The molecular formula is C15H14N4O3. The molecule has 1 aromatic carbocycles. The molecule has 2 amide bonds. The quantitative estimate of drug-likeness (QED) is 0.503. The lowest BCUT2D eigenvalue weighted by molar-refractivity contribution is -0.136. The number of aromatic nitrogens is 1. The molecule has 2 rings (SSSR count). The second-order valence-electron chi connectivity index (χ2n) is 4.11. The molecule has 0 saturated carbocycles. The molecule has 0 bridgehead atoms. The maximum atomic E-state index is 11.8. The summed E-state index contributed by atoms with van der Waals surface area (Å²) < 4.78 is 5.08. The minimum Gasteiger partial charge on any atom is -0.495 e. The van der Waals surface area contributed by atoms with Crippen LogP contribution in [0.1, 0.15) is 5.69 Å². The van der Waals surface area contributed by atoms with Crippen LogP contribution in [0.5, 0.6) is 5.75 Å². The Hall–Kier alpha value is -3.22. The highest BCUT2D eigenvalue weighted by molar-refractivity contribution is 6.39. The topological polar surface area (TPSA) is 92.7 Å². The standard InChI is InChI=1S/C15H14N4O3/c1-22-13-8-3-2-7-12(13)18-14(20)15(21)19-17-10-11-6-4-5-9-16-11/h2-10H,1H3,(H,18,20)(H,19,21)/b17-10+. The van der Waals surface area contributed by atoms with Gasteiger partial charge in [0.25, 0.3) is 0 Å². The van der Waals surface area contributed by atoms with Gasteiger partial charge in [0, 0.05) is 6.20 Å². The first-order valence-electron chi connectivity index (χ1n) is 6.39. The molecule has 0 fully saturated rings. The summed E-state index contributed by atoms with van der Waals surface area (Å²) in [5.41, 5.74) is 3.09. The number of hydrazone groups is 1. The van der Waals surface area contributed by atoms with Crippen LogP contribution in [0.25, 0.3) is 0 Å². The minimum absolute atomic E-state index is 0.402. The third-order valence-corrected chi connectivity index (χ3v) is 2.61. The molecule has 22 heavy (non-hydrogen) atoms. The van der Waals surface area contributed by atoms with Crippen LogP contribution < -0.4 is 15.5 Å². The fourth-order valence-electron chi connectivity index (χ4n) is 1.59. The number of para-hydroxylation sites is 2. The number of carbonyl (C=O) groups excluding carboxylic acids is 2. The summed E-state index contributed by atoms with van der Waals surface area (Å²) in [5.74, 6) is -1.28. The van der Waals surface area contributed by atoms with E-state index in [0.717, 1.165) is 0 Å². The summed E-state index contributed by atoms with van der Waals surface area (Å²) in [5, 5.41) is 6.11. The number of nitrogens with one attached hydrogen (secondary N) is 2. The smallest absolute Gasteiger partial charge is 0.329 e. The number of carbonyl (C=O) groups is 2. The molecule has 0 unspecified atom stereocenters. The first-order valence-corrected chi connectivity index (χ1v) is 6.39. The largest absolute Gasteiger partial charge is 0.495 e. The van der Waals surface area contributed by atoms with Crippen LogP contribution in [0.15, 0.2) is 53.8 Å². The average molecular weight is 298 g/mol. The zero-order chi connectivity index (χ0) is 15.8. The third kappa shape index (κ3) is 4.14. The normalized spacial score (nSPS) is 10.2. The van der Waals surface area contributed by atoms with Crippen LogP contribution in [0, 0.1) is 0 Å². The summed E-state index contributed by atoms with van der Waals surface area (Å²) in [6.07, 6.45) is 2.94. The zero-order valence-corrected chi connectivity index (χ0v) is 11.8. The van der Waals surface area contributed by atoms with Gasteiger partial charge < -0.3 is 10.1 Å². The monoisotopic (exact) mass is 298 g/mol. The van der Waals surface area contributed by atoms with E-state index in [2.05, 4.69) is 20.8 Å². The van der Waals surface area contributed by atoms with Gasteiger partial charge in [-0.05, 0) is 24.3 Å². The summed E-state index contributed by atoms with van der Waals surface area (Å²) in [4.78, 5) is 27.4. The predicted octanol–water partition coefficient (Wildman–Crippen LogP) is 1.18. The van der Waals surface area contributed by atoms with Gasteiger partial charge in [-0.2, -0.15) is 5.10 Å². The van der Waals surface area contributed by atoms with Gasteiger partial charge in [-0.15, -0.1) is 0 Å². The van der Waals surface area contributed by atoms with Crippen LogP contribution in [-0.4, -0.2) is 30.1 Å². The lowest BCUT2D eigenvalue weighted by Gasteiger charge is -2.08. The van der Waals surface area contributed by atoms with E-state index in [1.807, 2.05) is 0 Å². The number of benzene rings is 1. The van der Waals surface area contributed by atoms with Crippen molar-refractivity contribution in [2.24, 2.45) is 5.10 Å². The van der Waals surface area contributed by atoms with Crippen molar-refractivity contribution in [3.05, 3.63) is 54.4 Å². The highest BCUT2D eigenvalue weighted by Crippen LogP contribution is 2.22. The Morgan fingerprint density at radius 3 is 2.64 bits per heavy atom. The molecule has 0 atom stereocenters. The Labute approximate surface area is 127 Å². The molecule has 0 aliphatic rings. The summed E-state index contributed by atoms with van der Waals surface area (Å²) in [7, 11) is 1.47. The van der Waals surface area contributed by atoms with Crippen LogP contribution in [0.3, 0.4) is 0 Å². The van der Waals surface area contributed by atoms with Crippen molar-refractivity contribution in [3.63, 3.8) is 0 Å². The predicted molar refractivity (Wildman–Crippen MR) is 81.6 cm³/mol. The number of methoxy groups -OCH3 is 1. The molecule has 0 aliphatic heterocycles. The van der Waals surface area contributed by atoms with Crippen LogP contribution in [0.2, 0.25) is 0 Å². The Bertz CT molecular complexity index is 686. The van der Waals surface area contributed by atoms with E-state index in [0.29, 0.717) is 17.1 Å². The molecule has 0 spiro atoms. The number of amides is 2. The Kier molecular flexibility index (Phi) is 5.20. The maximum absolute atomic E-state index is 11.8. The lowest BCUT2D eigenvalue weighted by Crippen LogP contribution is -2.32. The number of ether oxygens (including phenoxy) is 1. The molecule has 1 aromatic heterocycles. The zero-order valence-electron chi connectivity index (χ0n) is 11.8. The van der Waals surface area contributed by atoms with Gasteiger partial charge in [0.2, 0.25) is 0 Å². The number of hydrogen-bond donors (Lipinski definition) is 2. The van der Waals surface area contributed by atoms with Gasteiger partial charge in [0.05, 0.1) is 24.7 Å². The second-order valence-corrected chi connectivity index (χ2v) is 4.11. The fraction of sp³-hybridized carbons (Fsp3) is 0.0667. The fourth-order valence-corrected chi connectivity index (χ4v) is 1.59.